The normalized spacial score (nSPS) is 11.4. The maximum Gasteiger partial charge on any atom is 0.339 e. The fourth-order valence-electron chi connectivity index (χ4n) is 1.89. The molecule has 2 aromatic rings. The van der Waals surface area contributed by atoms with Gasteiger partial charge in [0.15, 0.2) is 6.10 Å². The van der Waals surface area contributed by atoms with E-state index in [1.807, 2.05) is 0 Å². The van der Waals surface area contributed by atoms with Crippen LogP contribution in [0.15, 0.2) is 48.5 Å². The first-order chi connectivity index (χ1) is 11.0. The second-order valence-corrected chi connectivity index (χ2v) is 4.74. The Hall–Kier alpha value is -2.89. The lowest BCUT2D eigenvalue weighted by molar-refractivity contribution is -0.122. The first-order valence-electron chi connectivity index (χ1n) is 6.91. The number of rotatable bonds is 5. The Bertz CT molecular complexity index is 700. The van der Waals surface area contributed by atoms with Gasteiger partial charge in [-0.25, -0.2) is 9.18 Å². The van der Waals surface area contributed by atoms with Crippen LogP contribution in [0, 0.1) is 5.82 Å². The molecule has 5 nitrogen and oxygen atoms in total. The van der Waals surface area contributed by atoms with Gasteiger partial charge in [-0.2, -0.15) is 0 Å². The zero-order chi connectivity index (χ0) is 16.8. The van der Waals surface area contributed by atoms with Crippen molar-refractivity contribution in [2.24, 2.45) is 0 Å². The quantitative estimate of drug-likeness (QED) is 0.861. The van der Waals surface area contributed by atoms with Gasteiger partial charge in [0.1, 0.15) is 11.6 Å². The molecule has 120 valence electrons. The second kappa shape index (κ2) is 7.40. The summed E-state index contributed by atoms with van der Waals surface area (Å²) < 4.78 is 22.9. The first kappa shape index (κ1) is 16.5. The van der Waals surface area contributed by atoms with Gasteiger partial charge in [-0.1, -0.05) is 12.1 Å². The number of nitrogens with one attached hydrogen (secondary N) is 1. The minimum atomic E-state index is -0.828. The molecular formula is C17H16FNO4. The lowest BCUT2D eigenvalue weighted by Gasteiger charge is -2.16. The van der Waals surface area contributed by atoms with Gasteiger partial charge < -0.3 is 14.8 Å². The van der Waals surface area contributed by atoms with Gasteiger partial charge in [-0.3, -0.25) is 4.79 Å². The fraction of sp³-hybridized carbons (Fsp3) is 0.176. The van der Waals surface area contributed by atoms with E-state index in [0.29, 0.717) is 11.4 Å². The smallest absolute Gasteiger partial charge is 0.339 e. The van der Waals surface area contributed by atoms with Crippen LogP contribution in [-0.2, 0) is 9.53 Å². The van der Waals surface area contributed by atoms with Crippen molar-refractivity contribution in [1.82, 2.24) is 0 Å². The summed E-state index contributed by atoms with van der Waals surface area (Å²) in [5.74, 6) is -1.00. The van der Waals surface area contributed by atoms with Crippen molar-refractivity contribution in [3.8, 4) is 5.75 Å². The number of esters is 1. The van der Waals surface area contributed by atoms with Gasteiger partial charge in [0.25, 0.3) is 5.91 Å². The number of halogens is 1. The van der Waals surface area contributed by atoms with Crippen molar-refractivity contribution in [3.05, 3.63) is 59.9 Å². The summed E-state index contributed by atoms with van der Waals surface area (Å²) in [5.41, 5.74) is 0.580. The summed E-state index contributed by atoms with van der Waals surface area (Å²) in [6.45, 7) is 1.56. The van der Waals surface area contributed by atoms with Gasteiger partial charge in [-0.05, 0) is 43.3 Å². The molecule has 2 rings (SSSR count). The Labute approximate surface area is 133 Å². The molecule has 0 fully saturated rings. The van der Waals surface area contributed by atoms with Crippen LogP contribution in [-0.4, -0.2) is 25.1 Å². The summed E-state index contributed by atoms with van der Waals surface area (Å²) in [7, 11) is 1.27. The molecule has 0 saturated heterocycles. The van der Waals surface area contributed by atoms with Crippen molar-refractivity contribution in [3.63, 3.8) is 0 Å². The number of benzene rings is 2. The molecular weight excluding hydrogens is 301 g/mol. The standard InChI is InChI=1S/C17H16FNO4/c1-11(23-13-9-7-12(18)8-10-13)16(20)19-15-6-4-3-5-14(15)17(21)22-2/h3-11H,1-2H3,(H,19,20)/t11-/m1/s1. The molecule has 0 unspecified atom stereocenters. The third-order valence-corrected chi connectivity index (χ3v) is 3.09. The Kier molecular flexibility index (Phi) is 5.30. The summed E-state index contributed by atoms with van der Waals surface area (Å²) in [4.78, 5) is 23.9. The molecule has 2 aromatic carbocycles. The number of carbonyl (C=O) groups is 2. The molecule has 0 aliphatic rings. The van der Waals surface area contributed by atoms with Crippen LogP contribution in [0.3, 0.4) is 0 Å². The van der Waals surface area contributed by atoms with Crippen LogP contribution in [0.5, 0.6) is 5.75 Å². The average Bonchev–Trinajstić information content (AvgIpc) is 2.56. The van der Waals surface area contributed by atoms with Crippen LogP contribution >= 0.6 is 0 Å². The van der Waals surface area contributed by atoms with Crippen molar-refractivity contribution in [2.45, 2.75) is 13.0 Å². The fourth-order valence-corrected chi connectivity index (χ4v) is 1.89. The highest BCUT2D eigenvalue weighted by Gasteiger charge is 2.18. The van der Waals surface area contributed by atoms with Gasteiger partial charge in [0.2, 0.25) is 0 Å². The van der Waals surface area contributed by atoms with E-state index in [-0.39, 0.29) is 11.4 Å². The molecule has 0 aromatic heterocycles. The number of methoxy groups -OCH3 is 1. The third kappa shape index (κ3) is 4.29. The molecule has 1 atom stereocenters. The lowest BCUT2D eigenvalue weighted by atomic mass is 10.1. The summed E-state index contributed by atoms with van der Waals surface area (Å²) in [6.07, 6.45) is -0.828. The third-order valence-electron chi connectivity index (χ3n) is 3.09. The molecule has 0 spiro atoms. The lowest BCUT2D eigenvalue weighted by Crippen LogP contribution is -2.30. The minimum absolute atomic E-state index is 0.248. The zero-order valence-corrected chi connectivity index (χ0v) is 12.7. The predicted molar refractivity (Wildman–Crippen MR) is 82.9 cm³/mol. The number of hydrogen-bond acceptors (Lipinski definition) is 4. The molecule has 6 heteroatoms. The van der Waals surface area contributed by atoms with E-state index >= 15 is 0 Å². The van der Waals surface area contributed by atoms with E-state index in [4.69, 9.17) is 4.74 Å². The molecule has 0 aliphatic carbocycles. The second-order valence-electron chi connectivity index (χ2n) is 4.74. The first-order valence-corrected chi connectivity index (χ1v) is 6.91. The van der Waals surface area contributed by atoms with E-state index in [0.717, 1.165) is 0 Å². The topological polar surface area (TPSA) is 64.6 Å². The van der Waals surface area contributed by atoms with Gasteiger partial charge in [-0.15, -0.1) is 0 Å². The number of amides is 1. The van der Waals surface area contributed by atoms with Gasteiger partial charge in [0, 0.05) is 0 Å². The van der Waals surface area contributed by atoms with Crippen LogP contribution in [0.25, 0.3) is 0 Å². The Morgan fingerprint density at radius 3 is 2.39 bits per heavy atom. The largest absolute Gasteiger partial charge is 0.481 e. The summed E-state index contributed by atoms with van der Waals surface area (Å²) in [6, 6.07) is 11.8. The number of hydrogen-bond donors (Lipinski definition) is 1. The average molecular weight is 317 g/mol. The minimum Gasteiger partial charge on any atom is -0.481 e. The SMILES string of the molecule is COC(=O)c1ccccc1NC(=O)[C@@H](C)Oc1ccc(F)cc1. The predicted octanol–water partition coefficient (Wildman–Crippen LogP) is 3.02. The van der Waals surface area contributed by atoms with Gasteiger partial charge >= 0.3 is 5.97 Å². The zero-order valence-electron chi connectivity index (χ0n) is 12.7. The van der Waals surface area contributed by atoms with Crippen molar-refractivity contribution >= 4 is 17.6 Å². The Morgan fingerprint density at radius 1 is 1.09 bits per heavy atom. The monoisotopic (exact) mass is 317 g/mol. The molecule has 0 heterocycles. The van der Waals surface area contributed by atoms with Crippen LogP contribution in [0.1, 0.15) is 17.3 Å². The van der Waals surface area contributed by atoms with Crippen LogP contribution < -0.4 is 10.1 Å². The number of para-hydroxylation sites is 1. The van der Waals surface area contributed by atoms with E-state index in [2.05, 4.69) is 10.1 Å². The van der Waals surface area contributed by atoms with Gasteiger partial charge in [0.05, 0.1) is 18.4 Å². The van der Waals surface area contributed by atoms with E-state index in [1.54, 1.807) is 31.2 Å². The Balaban J connectivity index is 2.06. The molecule has 1 amide bonds. The molecule has 0 aliphatic heterocycles. The molecule has 0 saturated carbocycles. The summed E-state index contributed by atoms with van der Waals surface area (Å²) in [5, 5.41) is 2.62. The van der Waals surface area contributed by atoms with Crippen molar-refractivity contribution in [1.29, 1.82) is 0 Å². The molecule has 1 N–H and O–H groups in total. The number of anilines is 1. The van der Waals surface area contributed by atoms with Crippen LogP contribution in [0.2, 0.25) is 0 Å². The number of ether oxygens (including phenoxy) is 2. The highest BCUT2D eigenvalue weighted by molar-refractivity contribution is 6.02. The van der Waals surface area contributed by atoms with Crippen molar-refractivity contribution in [2.75, 3.05) is 12.4 Å². The molecule has 0 bridgehead atoms. The van der Waals surface area contributed by atoms with Crippen molar-refractivity contribution < 1.29 is 23.5 Å². The molecule has 0 radical (unpaired) electrons. The maximum atomic E-state index is 12.8. The highest BCUT2D eigenvalue weighted by Crippen LogP contribution is 2.18. The highest BCUT2D eigenvalue weighted by atomic mass is 19.1. The maximum absolute atomic E-state index is 12.8. The Morgan fingerprint density at radius 2 is 1.74 bits per heavy atom. The van der Waals surface area contributed by atoms with E-state index < -0.39 is 18.0 Å². The van der Waals surface area contributed by atoms with Crippen LogP contribution in [0.4, 0.5) is 10.1 Å². The number of carbonyl (C=O) groups excluding carboxylic acids is 2. The van der Waals surface area contributed by atoms with E-state index in [9.17, 15) is 14.0 Å². The van der Waals surface area contributed by atoms with E-state index in [1.165, 1.54) is 31.4 Å². The molecule has 23 heavy (non-hydrogen) atoms. The summed E-state index contributed by atoms with van der Waals surface area (Å²) >= 11 is 0.